The van der Waals surface area contributed by atoms with Crippen molar-refractivity contribution >= 4 is 11.7 Å². The first-order valence-corrected chi connectivity index (χ1v) is 9.40. The number of amides is 1. The van der Waals surface area contributed by atoms with Crippen molar-refractivity contribution in [3.05, 3.63) is 35.0 Å². The van der Waals surface area contributed by atoms with Crippen molar-refractivity contribution < 1.29 is 4.79 Å². The molecule has 1 aliphatic rings. The molecule has 0 fully saturated rings. The molecule has 2 aromatic heterocycles. The van der Waals surface area contributed by atoms with Crippen LogP contribution in [0.2, 0.25) is 0 Å². The van der Waals surface area contributed by atoms with Crippen molar-refractivity contribution in [2.24, 2.45) is 5.92 Å². The van der Waals surface area contributed by atoms with Crippen LogP contribution in [0.4, 0.5) is 5.82 Å². The van der Waals surface area contributed by atoms with E-state index in [2.05, 4.69) is 32.6 Å². The van der Waals surface area contributed by atoms with Crippen LogP contribution in [0.5, 0.6) is 0 Å². The zero-order valence-corrected chi connectivity index (χ0v) is 16.0. The number of rotatable bonds is 6. The van der Waals surface area contributed by atoms with Gasteiger partial charge in [-0.1, -0.05) is 6.92 Å². The van der Waals surface area contributed by atoms with Gasteiger partial charge >= 0.3 is 0 Å². The van der Waals surface area contributed by atoms with Crippen molar-refractivity contribution in [3.8, 4) is 0 Å². The molecule has 0 bridgehead atoms. The van der Waals surface area contributed by atoms with Crippen molar-refractivity contribution in [1.82, 2.24) is 25.1 Å². The SMILES string of the molecule is CCc1cc(NC[C@H]2CCn3ncc(C(=O)NC(C)C)c3C2)nc(C)n1. The van der Waals surface area contributed by atoms with E-state index in [-0.39, 0.29) is 11.9 Å². The first-order valence-electron chi connectivity index (χ1n) is 9.40. The summed E-state index contributed by atoms with van der Waals surface area (Å²) in [7, 11) is 0. The molecule has 0 saturated carbocycles. The van der Waals surface area contributed by atoms with E-state index < -0.39 is 0 Å². The second-order valence-corrected chi connectivity index (χ2v) is 7.24. The fourth-order valence-electron chi connectivity index (χ4n) is 3.35. The third-order valence-corrected chi connectivity index (χ3v) is 4.67. The minimum absolute atomic E-state index is 0.0335. The molecule has 140 valence electrons. The molecule has 0 unspecified atom stereocenters. The summed E-state index contributed by atoms with van der Waals surface area (Å²) in [6, 6.07) is 2.13. The number of carbonyl (C=O) groups is 1. The molecule has 7 heteroatoms. The molecule has 0 saturated heterocycles. The molecule has 1 amide bonds. The highest BCUT2D eigenvalue weighted by atomic mass is 16.1. The number of anilines is 1. The Bertz CT molecular complexity index is 782. The zero-order chi connectivity index (χ0) is 18.7. The van der Waals surface area contributed by atoms with Gasteiger partial charge in [-0.15, -0.1) is 0 Å². The lowest BCUT2D eigenvalue weighted by Crippen LogP contribution is -2.32. The number of aromatic nitrogens is 4. The molecule has 1 aliphatic heterocycles. The van der Waals surface area contributed by atoms with Gasteiger partial charge in [0.2, 0.25) is 0 Å². The second kappa shape index (κ2) is 7.85. The van der Waals surface area contributed by atoms with Gasteiger partial charge in [-0.2, -0.15) is 5.10 Å². The molecule has 0 aromatic carbocycles. The van der Waals surface area contributed by atoms with Crippen LogP contribution in [0, 0.1) is 12.8 Å². The molecule has 2 N–H and O–H groups in total. The molecule has 26 heavy (non-hydrogen) atoms. The van der Waals surface area contributed by atoms with E-state index in [1.807, 2.05) is 31.5 Å². The lowest BCUT2D eigenvalue weighted by atomic mass is 9.94. The van der Waals surface area contributed by atoms with Crippen molar-refractivity contribution in [3.63, 3.8) is 0 Å². The molecular formula is C19H28N6O. The van der Waals surface area contributed by atoms with Crippen LogP contribution in [-0.4, -0.2) is 38.2 Å². The Balaban J connectivity index is 1.66. The number of aryl methyl sites for hydroxylation is 3. The van der Waals surface area contributed by atoms with Gasteiger partial charge in [-0.05, 0) is 46.0 Å². The fourth-order valence-corrected chi connectivity index (χ4v) is 3.35. The molecule has 1 atom stereocenters. The lowest BCUT2D eigenvalue weighted by Gasteiger charge is -2.24. The van der Waals surface area contributed by atoms with E-state index >= 15 is 0 Å². The van der Waals surface area contributed by atoms with Gasteiger partial charge in [0.15, 0.2) is 0 Å². The monoisotopic (exact) mass is 356 g/mol. The second-order valence-electron chi connectivity index (χ2n) is 7.24. The summed E-state index contributed by atoms with van der Waals surface area (Å²) in [6.45, 7) is 9.63. The number of hydrogen-bond acceptors (Lipinski definition) is 5. The lowest BCUT2D eigenvalue weighted by molar-refractivity contribution is 0.0941. The molecule has 7 nitrogen and oxygen atoms in total. The predicted molar refractivity (Wildman–Crippen MR) is 101 cm³/mol. The number of nitrogens with zero attached hydrogens (tertiary/aromatic N) is 4. The molecule has 0 radical (unpaired) electrons. The average molecular weight is 356 g/mol. The molecule has 0 aliphatic carbocycles. The Morgan fingerprint density at radius 2 is 2.19 bits per heavy atom. The average Bonchev–Trinajstić information content (AvgIpc) is 3.02. The van der Waals surface area contributed by atoms with E-state index in [4.69, 9.17) is 0 Å². The minimum atomic E-state index is -0.0335. The topological polar surface area (TPSA) is 84.7 Å². The standard InChI is InChI=1S/C19H28N6O/c1-5-15-9-18(24-13(4)23-15)20-10-14-6-7-25-17(8-14)16(11-21-25)19(26)22-12(2)3/h9,11-12,14H,5-8,10H2,1-4H3,(H,22,26)(H,20,23,24)/t14-/m0/s1. The Morgan fingerprint density at radius 1 is 1.38 bits per heavy atom. The maximum Gasteiger partial charge on any atom is 0.254 e. The molecule has 0 spiro atoms. The van der Waals surface area contributed by atoms with Crippen molar-refractivity contribution in [2.45, 2.75) is 59.5 Å². The van der Waals surface area contributed by atoms with Crippen LogP contribution in [0.3, 0.4) is 0 Å². The quantitative estimate of drug-likeness (QED) is 0.830. The Labute approximate surface area is 154 Å². The van der Waals surface area contributed by atoms with Gasteiger partial charge < -0.3 is 10.6 Å². The van der Waals surface area contributed by atoms with E-state index in [0.717, 1.165) is 55.4 Å². The summed E-state index contributed by atoms with van der Waals surface area (Å²) >= 11 is 0. The fraction of sp³-hybridized carbons (Fsp3) is 0.579. The predicted octanol–water partition coefficient (Wildman–Crippen LogP) is 2.36. The van der Waals surface area contributed by atoms with Gasteiger partial charge in [0.05, 0.1) is 17.5 Å². The maximum absolute atomic E-state index is 12.4. The van der Waals surface area contributed by atoms with Gasteiger partial charge in [0, 0.05) is 30.9 Å². The summed E-state index contributed by atoms with van der Waals surface area (Å²) in [5.74, 6) is 2.09. The molecule has 2 aromatic rings. The summed E-state index contributed by atoms with van der Waals surface area (Å²) in [4.78, 5) is 21.3. The first kappa shape index (κ1) is 18.4. The zero-order valence-electron chi connectivity index (χ0n) is 16.0. The summed E-state index contributed by atoms with van der Waals surface area (Å²) in [5.41, 5.74) is 2.79. The Kier molecular flexibility index (Phi) is 5.54. The van der Waals surface area contributed by atoms with E-state index in [0.29, 0.717) is 11.5 Å². The van der Waals surface area contributed by atoms with Crippen molar-refractivity contribution in [2.75, 3.05) is 11.9 Å². The number of carbonyl (C=O) groups excluding carboxylic acids is 1. The molecule has 3 rings (SSSR count). The normalized spacial score (nSPS) is 16.4. The van der Waals surface area contributed by atoms with Crippen LogP contribution in [0.1, 0.15) is 54.8 Å². The summed E-state index contributed by atoms with van der Waals surface area (Å²) in [5, 5.41) is 10.8. The third kappa shape index (κ3) is 4.20. The molecule has 3 heterocycles. The van der Waals surface area contributed by atoms with Crippen LogP contribution < -0.4 is 10.6 Å². The Hall–Kier alpha value is -2.44. The van der Waals surface area contributed by atoms with Crippen LogP contribution >= 0.6 is 0 Å². The van der Waals surface area contributed by atoms with E-state index in [1.54, 1.807) is 6.20 Å². The third-order valence-electron chi connectivity index (χ3n) is 4.67. The van der Waals surface area contributed by atoms with Gasteiger partial charge in [0.1, 0.15) is 11.6 Å². The minimum Gasteiger partial charge on any atom is -0.370 e. The van der Waals surface area contributed by atoms with Gasteiger partial charge in [0.25, 0.3) is 5.91 Å². The van der Waals surface area contributed by atoms with E-state index in [1.165, 1.54) is 0 Å². The summed E-state index contributed by atoms with van der Waals surface area (Å²) < 4.78 is 1.97. The number of hydrogen-bond donors (Lipinski definition) is 2. The molecular weight excluding hydrogens is 328 g/mol. The maximum atomic E-state index is 12.4. The van der Waals surface area contributed by atoms with Crippen LogP contribution in [0.15, 0.2) is 12.3 Å². The summed E-state index contributed by atoms with van der Waals surface area (Å²) in [6.07, 6.45) is 4.48. The highest BCUT2D eigenvalue weighted by Crippen LogP contribution is 2.23. The number of nitrogens with one attached hydrogen (secondary N) is 2. The van der Waals surface area contributed by atoms with Crippen LogP contribution in [-0.2, 0) is 19.4 Å². The van der Waals surface area contributed by atoms with Gasteiger partial charge in [-0.3, -0.25) is 9.48 Å². The highest BCUT2D eigenvalue weighted by Gasteiger charge is 2.25. The van der Waals surface area contributed by atoms with Crippen molar-refractivity contribution in [1.29, 1.82) is 0 Å². The van der Waals surface area contributed by atoms with Crippen LogP contribution in [0.25, 0.3) is 0 Å². The Morgan fingerprint density at radius 3 is 2.92 bits per heavy atom. The highest BCUT2D eigenvalue weighted by molar-refractivity contribution is 5.95. The number of fused-ring (bicyclic) bond motifs is 1. The van der Waals surface area contributed by atoms with E-state index in [9.17, 15) is 4.79 Å². The van der Waals surface area contributed by atoms with Gasteiger partial charge in [-0.25, -0.2) is 9.97 Å². The smallest absolute Gasteiger partial charge is 0.254 e. The largest absolute Gasteiger partial charge is 0.370 e. The first-order chi connectivity index (χ1) is 12.5.